The highest BCUT2D eigenvalue weighted by Crippen LogP contribution is 2.43. The van der Waals surface area contributed by atoms with E-state index in [2.05, 4.69) is 53.6 Å². The highest BCUT2D eigenvalue weighted by molar-refractivity contribution is 9.10. The molecule has 0 aliphatic carbocycles. The fraction of sp³-hybridized carbons (Fsp3) is 0.697. The lowest BCUT2D eigenvalue weighted by Crippen LogP contribution is -2.41. The first-order valence-electron chi connectivity index (χ1n) is 15.8. The van der Waals surface area contributed by atoms with Crippen LogP contribution in [0.1, 0.15) is 90.5 Å². The van der Waals surface area contributed by atoms with Gasteiger partial charge in [-0.25, -0.2) is 9.97 Å². The van der Waals surface area contributed by atoms with Crippen molar-refractivity contribution in [2.75, 3.05) is 38.0 Å². The van der Waals surface area contributed by atoms with Gasteiger partial charge in [0.2, 0.25) is 0 Å². The second-order valence-electron chi connectivity index (χ2n) is 15.4. The minimum atomic E-state index is -0.476. The van der Waals surface area contributed by atoms with Crippen LogP contribution in [-0.4, -0.2) is 92.9 Å². The maximum Gasteiger partial charge on any atom is 0.495 e. The maximum atomic E-state index is 6.02. The molecule has 10 nitrogen and oxygen atoms in total. The molecule has 0 aromatic carbocycles. The summed E-state index contributed by atoms with van der Waals surface area (Å²) in [7, 11) is 6.60. The number of hydrogen-bond donors (Lipinski definition) is 0. The molecule has 0 atom stereocenters. The molecule has 0 unspecified atom stereocenters. The Kier molecular flexibility index (Phi) is 13.0. The molecule has 0 radical (unpaired) electrons. The van der Waals surface area contributed by atoms with Crippen LogP contribution in [0.2, 0.25) is 0 Å². The van der Waals surface area contributed by atoms with Gasteiger partial charge in [-0.2, -0.15) is 0 Å². The molecule has 2 aromatic rings. The molecule has 3 aliphatic rings. The summed E-state index contributed by atoms with van der Waals surface area (Å²) in [5.74, 6) is 1.87. The normalized spacial score (nSPS) is 22.4. The van der Waals surface area contributed by atoms with Crippen LogP contribution < -0.4 is 15.3 Å². The van der Waals surface area contributed by atoms with Crippen molar-refractivity contribution in [1.29, 1.82) is 0 Å². The van der Waals surface area contributed by atoms with Gasteiger partial charge in [0.25, 0.3) is 0 Å². The van der Waals surface area contributed by atoms with Crippen molar-refractivity contribution in [2.45, 2.75) is 124 Å². The lowest BCUT2D eigenvalue weighted by molar-refractivity contribution is 0.00578. The average molecular weight is 719 g/mol. The van der Waals surface area contributed by atoms with Gasteiger partial charge >= 0.3 is 21.1 Å². The van der Waals surface area contributed by atoms with Gasteiger partial charge in [0, 0.05) is 45.1 Å². The van der Waals surface area contributed by atoms with Gasteiger partial charge < -0.3 is 37.7 Å². The van der Waals surface area contributed by atoms with E-state index in [1.54, 1.807) is 12.4 Å². The van der Waals surface area contributed by atoms with Gasteiger partial charge in [-0.05, 0) is 113 Å². The molecule has 5 heterocycles. The summed E-state index contributed by atoms with van der Waals surface area (Å²) in [5.41, 5.74) is -1.05. The molecule has 262 valence electrons. The van der Waals surface area contributed by atoms with E-state index in [1.807, 2.05) is 118 Å². The van der Waals surface area contributed by atoms with Gasteiger partial charge in [-0.3, -0.25) is 0 Å². The van der Waals surface area contributed by atoms with Crippen LogP contribution in [0, 0.1) is 0 Å². The van der Waals surface area contributed by atoms with E-state index in [-0.39, 0.29) is 48.2 Å². The molecule has 0 saturated carbocycles. The van der Waals surface area contributed by atoms with Crippen molar-refractivity contribution in [1.82, 2.24) is 9.97 Å². The predicted octanol–water partition coefficient (Wildman–Crippen LogP) is 6.24. The summed E-state index contributed by atoms with van der Waals surface area (Å²) in [6, 6.07) is 7.82. The predicted molar refractivity (Wildman–Crippen MR) is 199 cm³/mol. The molecular formula is C33H58B3BrN4O6. The number of anilines is 2. The topological polar surface area (TPSA) is 87.6 Å². The number of halogens is 1. The third kappa shape index (κ3) is 9.53. The number of nitrogens with zero attached hydrogens (tertiary/aromatic N) is 4. The molecule has 3 saturated heterocycles. The second-order valence-corrected chi connectivity index (χ2v) is 16.3. The fourth-order valence-electron chi connectivity index (χ4n) is 4.44. The zero-order valence-corrected chi connectivity index (χ0v) is 32.4. The molecule has 3 aliphatic heterocycles. The maximum absolute atomic E-state index is 6.02. The number of aromatic nitrogens is 2. The van der Waals surface area contributed by atoms with Crippen LogP contribution in [-0.2, 0) is 27.9 Å². The third-order valence-electron chi connectivity index (χ3n) is 9.68. The molecule has 3 fully saturated rings. The lowest BCUT2D eigenvalue weighted by atomic mass is 9.49. The van der Waals surface area contributed by atoms with Crippen molar-refractivity contribution in [3.63, 3.8) is 0 Å². The van der Waals surface area contributed by atoms with E-state index in [0.717, 1.165) is 21.6 Å². The zero-order valence-electron chi connectivity index (χ0n) is 30.8. The van der Waals surface area contributed by atoms with Crippen molar-refractivity contribution in [2.24, 2.45) is 0 Å². The molecule has 0 spiro atoms. The largest absolute Gasteiger partial charge is 0.495 e. The molecule has 47 heavy (non-hydrogen) atoms. The summed E-state index contributed by atoms with van der Waals surface area (Å²) < 4.78 is 36.9. The van der Waals surface area contributed by atoms with E-state index >= 15 is 0 Å². The Morgan fingerprint density at radius 3 is 1.17 bits per heavy atom. The minimum Gasteiger partial charge on any atom is -0.405 e. The summed E-state index contributed by atoms with van der Waals surface area (Å²) in [6.45, 7) is 24.4. The Morgan fingerprint density at radius 2 is 0.851 bits per heavy atom. The van der Waals surface area contributed by atoms with Crippen LogP contribution in [0.15, 0.2) is 41.1 Å². The van der Waals surface area contributed by atoms with Crippen LogP contribution in [0.25, 0.3) is 0 Å². The monoisotopic (exact) mass is 718 g/mol. The first kappa shape index (κ1) is 41.5. The second kappa shape index (κ2) is 14.7. The first-order valence-corrected chi connectivity index (χ1v) is 16.6. The smallest absolute Gasteiger partial charge is 0.405 e. The first-order chi connectivity index (χ1) is 20.8. The van der Waals surface area contributed by atoms with Gasteiger partial charge in [0.05, 0.1) is 33.6 Å². The molecule has 2 aromatic heterocycles. The molecule has 0 amide bonds. The van der Waals surface area contributed by atoms with E-state index in [9.17, 15) is 0 Å². The van der Waals surface area contributed by atoms with E-state index in [1.165, 1.54) is 0 Å². The fourth-order valence-corrected chi connectivity index (χ4v) is 4.77. The van der Waals surface area contributed by atoms with Crippen molar-refractivity contribution < 1.29 is 27.9 Å². The van der Waals surface area contributed by atoms with E-state index in [0.29, 0.717) is 0 Å². The average Bonchev–Trinajstić information content (AvgIpc) is 3.38. The third-order valence-corrected chi connectivity index (χ3v) is 10.2. The highest BCUT2D eigenvalue weighted by atomic mass is 79.9. The Morgan fingerprint density at radius 1 is 0.532 bits per heavy atom. The Bertz CT molecular complexity index is 1260. The number of pyridine rings is 2. The van der Waals surface area contributed by atoms with Gasteiger partial charge in [0.1, 0.15) is 11.6 Å². The van der Waals surface area contributed by atoms with E-state index < -0.39 is 14.0 Å². The Labute approximate surface area is 294 Å². The summed E-state index contributed by atoms with van der Waals surface area (Å²) in [4.78, 5) is 12.4. The Balaban J connectivity index is 0.000000253. The van der Waals surface area contributed by atoms with Crippen molar-refractivity contribution >= 4 is 54.2 Å². The molecule has 0 bridgehead atoms. The molecule has 5 rings (SSSR count). The molecule has 0 N–H and O–H groups in total. The van der Waals surface area contributed by atoms with Crippen LogP contribution in [0.4, 0.5) is 11.6 Å². The minimum absolute atomic E-state index is 0. The van der Waals surface area contributed by atoms with Gasteiger partial charge in [-0.15, -0.1) is 0 Å². The quantitative estimate of drug-likeness (QED) is 0.339. The summed E-state index contributed by atoms with van der Waals surface area (Å²) >= 11 is 3.36. The highest BCUT2D eigenvalue weighted by Gasteiger charge is 2.63. The number of rotatable bonds is 4. The SMILES string of the molecule is C.CC1(C)OB(B2OC(C)(C)C(C)(C)O2)OC1(C)C.CN(C)c1cc(B2OC(C)(C)C(C)(C)O2)ccn1.CN(C)c1cc(Br)ccn1. The molecule has 14 heteroatoms. The molecular weight excluding hydrogens is 661 g/mol. The van der Waals surface area contributed by atoms with E-state index in [4.69, 9.17) is 27.9 Å². The summed E-state index contributed by atoms with van der Waals surface area (Å²) in [5, 5.41) is 0. The van der Waals surface area contributed by atoms with Crippen LogP contribution >= 0.6 is 15.9 Å². The van der Waals surface area contributed by atoms with Gasteiger partial charge in [-0.1, -0.05) is 23.4 Å². The lowest BCUT2D eigenvalue weighted by Gasteiger charge is -2.32. The standard InChI is InChI=1S/C13H21BN2O2.C12H24B2O4.C7H9BrN2.CH4/c1-12(2)13(3,4)18-14(17-12)10-7-8-15-11(9-10)16(5)6;1-9(2)10(3,4)16-13(15-9)14-17-11(5,6)12(7,8)18-14;1-10(2)7-5-6(8)3-4-9-7;/h7-9H,1-6H3;1-8H3;3-5H,1-2H3;1H4. The van der Waals surface area contributed by atoms with Crippen LogP contribution in [0.5, 0.6) is 0 Å². The van der Waals surface area contributed by atoms with Crippen molar-refractivity contribution in [3.8, 4) is 0 Å². The Hall–Kier alpha value is -1.67. The summed E-state index contributed by atoms with van der Waals surface area (Å²) in [6.07, 6.45) is 3.56. The van der Waals surface area contributed by atoms with Crippen LogP contribution in [0.3, 0.4) is 0 Å². The van der Waals surface area contributed by atoms with Crippen molar-refractivity contribution in [3.05, 3.63) is 41.1 Å². The number of hydrogen-bond acceptors (Lipinski definition) is 10. The zero-order chi connectivity index (χ0) is 35.1. The van der Waals surface area contributed by atoms with Gasteiger partial charge in [0.15, 0.2) is 0 Å².